The zero-order valence-corrected chi connectivity index (χ0v) is 21.3. The predicted octanol–water partition coefficient (Wildman–Crippen LogP) is 4.84. The van der Waals surface area contributed by atoms with Crippen molar-refractivity contribution in [3.8, 4) is 17.2 Å². The van der Waals surface area contributed by atoms with Crippen molar-refractivity contribution >= 4 is 11.6 Å². The van der Waals surface area contributed by atoms with E-state index in [0.29, 0.717) is 31.1 Å². The molecule has 0 bridgehead atoms. The van der Waals surface area contributed by atoms with Gasteiger partial charge in [0.1, 0.15) is 12.4 Å². The van der Waals surface area contributed by atoms with Gasteiger partial charge >= 0.3 is 0 Å². The minimum atomic E-state index is -0.0668. The molecule has 6 heteroatoms. The van der Waals surface area contributed by atoms with Crippen molar-refractivity contribution in [3.63, 3.8) is 0 Å². The number of carbonyl (C=O) groups is 1. The SMILES string of the molecule is COc1ccc(CC(=O)N2CC3(CCN(C)CC3)c3cc(OC)c(OCc4ccccc4)cc32)cc1. The van der Waals surface area contributed by atoms with Gasteiger partial charge in [0.2, 0.25) is 5.91 Å². The average Bonchev–Trinajstić information content (AvgIpc) is 3.22. The summed E-state index contributed by atoms with van der Waals surface area (Å²) in [7, 11) is 5.49. The maximum atomic E-state index is 13.7. The fourth-order valence-corrected chi connectivity index (χ4v) is 5.39. The second kappa shape index (κ2) is 10.2. The molecule has 0 atom stereocenters. The normalized spacial score (nSPS) is 16.6. The first kappa shape index (κ1) is 24.2. The van der Waals surface area contributed by atoms with E-state index in [1.54, 1.807) is 14.2 Å². The van der Waals surface area contributed by atoms with Crippen molar-refractivity contribution in [3.05, 3.63) is 83.4 Å². The lowest BCUT2D eigenvalue weighted by atomic mass is 9.74. The molecule has 188 valence electrons. The highest BCUT2D eigenvalue weighted by atomic mass is 16.5. The van der Waals surface area contributed by atoms with Crippen LogP contribution in [0.3, 0.4) is 0 Å². The van der Waals surface area contributed by atoms with Gasteiger partial charge in [0.05, 0.1) is 26.3 Å². The molecule has 2 aliphatic rings. The highest BCUT2D eigenvalue weighted by Crippen LogP contribution is 2.51. The zero-order valence-electron chi connectivity index (χ0n) is 21.3. The van der Waals surface area contributed by atoms with Crippen LogP contribution in [0.25, 0.3) is 0 Å². The quantitative estimate of drug-likeness (QED) is 0.479. The summed E-state index contributed by atoms with van der Waals surface area (Å²) in [5.41, 5.74) is 4.13. The number of nitrogens with zero attached hydrogens (tertiary/aromatic N) is 2. The Morgan fingerprint density at radius 3 is 2.28 bits per heavy atom. The molecule has 1 amide bonds. The van der Waals surface area contributed by atoms with Gasteiger partial charge in [0, 0.05) is 18.0 Å². The molecule has 1 spiro atoms. The van der Waals surface area contributed by atoms with Crippen LogP contribution in [0.4, 0.5) is 5.69 Å². The Kier molecular flexibility index (Phi) is 6.88. The van der Waals surface area contributed by atoms with Crippen LogP contribution in [-0.4, -0.2) is 51.7 Å². The lowest BCUT2D eigenvalue weighted by molar-refractivity contribution is -0.118. The standard InChI is InChI=1S/C30H34N2O4/c1-31-15-13-30(14-16-31)21-32(29(33)17-22-9-11-24(34-2)12-10-22)26-19-28(27(35-3)18-25(26)30)36-20-23-7-5-4-6-8-23/h4-12,18-19H,13-17,20-21H2,1-3H3. The molecule has 6 nitrogen and oxygen atoms in total. The van der Waals surface area contributed by atoms with Crippen molar-refractivity contribution in [2.45, 2.75) is 31.3 Å². The number of fused-ring (bicyclic) bond motifs is 2. The van der Waals surface area contributed by atoms with Gasteiger partial charge < -0.3 is 24.0 Å². The molecule has 0 saturated carbocycles. The summed E-state index contributed by atoms with van der Waals surface area (Å²) in [5, 5.41) is 0. The smallest absolute Gasteiger partial charge is 0.231 e. The Balaban J connectivity index is 1.47. The number of methoxy groups -OCH3 is 2. The van der Waals surface area contributed by atoms with E-state index in [-0.39, 0.29) is 11.3 Å². The molecule has 2 heterocycles. The number of rotatable bonds is 7. The van der Waals surface area contributed by atoms with E-state index in [2.05, 4.69) is 18.0 Å². The summed E-state index contributed by atoms with van der Waals surface area (Å²) >= 11 is 0. The molecule has 0 N–H and O–H groups in total. The molecule has 1 fully saturated rings. The van der Waals surface area contributed by atoms with Crippen LogP contribution >= 0.6 is 0 Å². The van der Waals surface area contributed by atoms with Crippen LogP contribution in [0.2, 0.25) is 0 Å². The van der Waals surface area contributed by atoms with Gasteiger partial charge in [-0.1, -0.05) is 42.5 Å². The maximum absolute atomic E-state index is 13.7. The van der Waals surface area contributed by atoms with Gasteiger partial charge in [0.25, 0.3) is 0 Å². The summed E-state index contributed by atoms with van der Waals surface area (Å²) in [6.45, 7) is 3.14. The van der Waals surface area contributed by atoms with Crippen molar-refractivity contribution in [2.24, 2.45) is 0 Å². The third kappa shape index (κ3) is 4.78. The van der Waals surface area contributed by atoms with E-state index in [9.17, 15) is 4.79 Å². The van der Waals surface area contributed by atoms with Crippen LogP contribution in [0.15, 0.2) is 66.7 Å². The molecule has 5 rings (SSSR count). The molecular weight excluding hydrogens is 452 g/mol. The molecule has 1 saturated heterocycles. The topological polar surface area (TPSA) is 51.2 Å². The maximum Gasteiger partial charge on any atom is 0.231 e. The lowest BCUT2D eigenvalue weighted by Crippen LogP contribution is -2.45. The number of amides is 1. The van der Waals surface area contributed by atoms with Crippen molar-refractivity contribution in [1.29, 1.82) is 0 Å². The van der Waals surface area contributed by atoms with E-state index >= 15 is 0 Å². The average molecular weight is 487 g/mol. The van der Waals surface area contributed by atoms with E-state index in [0.717, 1.165) is 48.5 Å². The molecule has 0 aliphatic carbocycles. The number of hydrogen-bond acceptors (Lipinski definition) is 5. The van der Waals surface area contributed by atoms with E-state index in [1.165, 1.54) is 5.56 Å². The van der Waals surface area contributed by atoms with Crippen LogP contribution in [-0.2, 0) is 23.2 Å². The number of carbonyl (C=O) groups excluding carboxylic acids is 1. The summed E-state index contributed by atoms with van der Waals surface area (Å²) in [6, 6.07) is 21.9. The lowest BCUT2D eigenvalue weighted by Gasteiger charge is -2.38. The molecular formula is C30H34N2O4. The molecule has 2 aliphatic heterocycles. The van der Waals surface area contributed by atoms with Gasteiger partial charge in [-0.3, -0.25) is 4.79 Å². The zero-order chi connectivity index (χ0) is 25.1. The van der Waals surface area contributed by atoms with Crippen LogP contribution in [0, 0.1) is 0 Å². The second-order valence-corrected chi connectivity index (χ2v) is 9.88. The number of hydrogen-bond donors (Lipinski definition) is 0. The van der Waals surface area contributed by atoms with Gasteiger partial charge in [-0.2, -0.15) is 0 Å². The molecule has 0 unspecified atom stereocenters. The second-order valence-electron chi connectivity index (χ2n) is 9.88. The molecule has 36 heavy (non-hydrogen) atoms. The minimum absolute atomic E-state index is 0.0668. The summed E-state index contributed by atoms with van der Waals surface area (Å²) in [5.74, 6) is 2.26. The monoisotopic (exact) mass is 486 g/mol. The van der Waals surface area contributed by atoms with Gasteiger partial charge in [0.15, 0.2) is 11.5 Å². The Morgan fingerprint density at radius 2 is 1.61 bits per heavy atom. The predicted molar refractivity (Wildman–Crippen MR) is 141 cm³/mol. The molecule has 0 aromatic heterocycles. The molecule has 0 radical (unpaired) electrons. The first-order valence-electron chi connectivity index (χ1n) is 12.5. The fourth-order valence-electron chi connectivity index (χ4n) is 5.39. The number of benzene rings is 3. The third-order valence-electron chi connectivity index (χ3n) is 7.60. The number of ether oxygens (including phenoxy) is 3. The first-order chi connectivity index (χ1) is 17.5. The number of piperidine rings is 1. The Hall–Kier alpha value is -3.51. The highest BCUT2D eigenvalue weighted by molar-refractivity contribution is 5.98. The largest absolute Gasteiger partial charge is 0.497 e. The van der Waals surface area contributed by atoms with E-state index < -0.39 is 0 Å². The van der Waals surface area contributed by atoms with Crippen molar-refractivity contribution in [1.82, 2.24) is 4.90 Å². The van der Waals surface area contributed by atoms with E-state index in [1.807, 2.05) is 65.6 Å². The van der Waals surface area contributed by atoms with Gasteiger partial charge in [-0.15, -0.1) is 0 Å². The number of likely N-dealkylation sites (tertiary alicyclic amines) is 1. The van der Waals surface area contributed by atoms with Gasteiger partial charge in [-0.05, 0) is 67.9 Å². The van der Waals surface area contributed by atoms with Gasteiger partial charge in [-0.25, -0.2) is 0 Å². The Morgan fingerprint density at radius 1 is 0.889 bits per heavy atom. The van der Waals surface area contributed by atoms with Crippen LogP contribution < -0.4 is 19.1 Å². The molecule has 3 aromatic rings. The summed E-state index contributed by atoms with van der Waals surface area (Å²) < 4.78 is 17.3. The number of anilines is 1. The minimum Gasteiger partial charge on any atom is -0.497 e. The summed E-state index contributed by atoms with van der Waals surface area (Å²) in [6.07, 6.45) is 2.36. The van der Waals surface area contributed by atoms with Crippen molar-refractivity contribution < 1.29 is 19.0 Å². The first-order valence-corrected chi connectivity index (χ1v) is 12.5. The van der Waals surface area contributed by atoms with E-state index in [4.69, 9.17) is 14.2 Å². The molecule has 3 aromatic carbocycles. The van der Waals surface area contributed by atoms with Crippen LogP contribution in [0.5, 0.6) is 17.2 Å². The van der Waals surface area contributed by atoms with Crippen LogP contribution in [0.1, 0.15) is 29.5 Å². The fraction of sp³-hybridized carbons (Fsp3) is 0.367. The Bertz CT molecular complexity index is 1200. The highest BCUT2D eigenvalue weighted by Gasteiger charge is 2.46. The van der Waals surface area contributed by atoms with Crippen molar-refractivity contribution in [2.75, 3.05) is 45.8 Å². The third-order valence-corrected chi connectivity index (χ3v) is 7.60. The summed E-state index contributed by atoms with van der Waals surface area (Å²) in [4.78, 5) is 18.0. The Labute approximate surface area is 213 Å².